The van der Waals surface area contributed by atoms with Crippen LogP contribution in [0.5, 0.6) is 0 Å². The maximum atomic E-state index is 4.99. The summed E-state index contributed by atoms with van der Waals surface area (Å²) in [5, 5.41) is 3.67. The highest BCUT2D eigenvalue weighted by atomic mass is 15.2. The second-order valence-corrected chi connectivity index (χ2v) is 8.30. The molecule has 0 radical (unpaired) electrons. The first-order valence-corrected chi connectivity index (χ1v) is 11.4. The maximum absolute atomic E-state index is 4.99. The van der Waals surface area contributed by atoms with E-state index in [1.165, 1.54) is 75.7 Å². The topological polar surface area (TPSA) is 41.7 Å². The second-order valence-electron chi connectivity index (χ2n) is 8.30. The molecule has 0 aromatic carbocycles. The quantitative estimate of drug-likeness (QED) is 0.476. The Bertz CT molecular complexity index is 713. The summed E-state index contributed by atoms with van der Waals surface area (Å²) in [6.07, 6.45) is 16.8. The van der Waals surface area contributed by atoms with Crippen LogP contribution in [0, 0.1) is 0 Å². The van der Waals surface area contributed by atoms with Crippen LogP contribution in [-0.4, -0.2) is 29.2 Å². The molecule has 2 fully saturated rings. The molecule has 28 heavy (non-hydrogen) atoms. The highest BCUT2D eigenvalue weighted by Crippen LogP contribution is 2.42. The average molecular weight is 383 g/mol. The minimum absolute atomic E-state index is 0.136. The standard InChI is InChI=1S/C22H32N4.C2H6/c1-3-18-14-20-15-23-16-22(12-8-5-9-13-22)26(20)21(18)25-17(2)24-19-10-6-4-7-11-19;1-2/h3,14-15,19H,1,4-13,16H2,2H3,(H,24,25);1-2H3. The van der Waals surface area contributed by atoms with Crippen molar-refractivity contribution < 1.29 is 0 Å². The summed E-state index contributed by atoms with van der Waals surface area (Å²) in [6, 6.07) is 2.71. The lowest BCUT2D eigenvalue weighted by atomic mass is 9.80. The normalized spacial score (nSPS) is 21.6. The molecule has 2 heterocycles. The van der Waals surface area contributed by atoms with E-state index in [1.807, 2.05) is 26.1 Å². The summed E-state index contributed by atoms with van der Waals surface area (Å²) in [4.78, 5) is 9.71. The van der Waals surface area contributed by atoms with Crippen molar-refractivity contribution in [2.75, 3.05) is 11.9 Å². The van der Waals surface area contributed by atoms with Crippen LogP contribution < -0.4 is 5.32 Å². The molecular weight excluding hydrogens is 344 g/mol. The molecule has 2 saturated carbocycles. The number of hydrogen-bond donors (Lipinski definition) is 1. The lowest BCUT2D eigenvalue weighted by molar-refractivity contribution is 0.202. The molecule has 1 aliphatic heterocycles. The van der Waals surface area contributed by atoms with Gasteiger partial charge in [0.1, 0.15) is 5.82 Å². The Morgan fingerprint density at radius 3 is 2.54 bits per heavy atom. The van der Waals surface area contributed by atoms with Gasteiger partial charge in [0.15, 0.2) is 0 Å². The van der Waals surface area contributed by atoms with Gasteiger partial charge in [-0.05, 0) is 38.7 Å². The third-order valence-electron chi connectivity index (χ3n) is 6.40. The Labute approximate surface area is 171 Å². The molecule has 154 valence electrons. The predicted octanol–water partition coefficient (Wildman–Crippen LogP) is 6.41. The molecule has 3 aliphatic rings. The van der Waals surface area contributed by atoms with Gasteiger partial charge >= 0.3 is 0 Å². The molecule has 0 saturated heterocycles. The third-order valence-corrected chi connectivity index (χ3v) is 6.40. The van der Waals surface area contributed by atoms with Gasteiger partial charge in [0.25, 0.3) is 0 Å². The average Bonchev–Trinajstić information content (AvgIpc) is 3.10. The first-order valence-electron chi connectivity index (χ1n) is 11.4. The summed E-state index contributed by atoms with van der Waals surface area (Å²) in [5.41, 5.74) is 2.51. The lowest BCUT2D eigenvalue weighted by Crippen LogP contribution is -2.42. The van der Waals surface area contributed by atoms with Crippen molar-refractivity contribution in [3.8, 4) is 0 Å². The second kappa shape index (κ2) is 9.58. The molecule has 0 amide bonds. The molecule has 1 aromatic heterocycles. The van der Waals surface area contributed by atoms with E-state index in [0.717, 1.165) is 17.9 Å². The van der Waals surface area contributed by atoms with Gasteiger partial charge in [0.05, 0.1) is 29.7 Å². The van der Waals surface area contributed by atoms with E-state index >= 15 is 0 Å². The molecule has 1 N–H and O–H groups in total. The smallest absolute Gasteiger partial charge is 0.119 e. The van der Waals surface area contributed by atoms with Crippen molar-refractivity contribution in [3.63, 3.8) is 0 Å². The molecule has 4 heteroatoms. The molecule has 4 nitrogen and oxygen atoms in total. The molecule has 1 spiro atoms. The van der Waals surface area contributed by atoms with Crippen molar-refractivity contribution >= 4 is 23.9 Å². The Morgan fingerprint density at radius 2 is 1.86 bits per heavy atom. The van der Waals surface area contributed by atoms with E-state index in [0.29, 0.717) is 6.04 Å². The molecule has 4 rings (SSSR count). The maximum Gasteiger partial charge on any atom is 0.119 e. The highest BCUT2D eigenvalue weighted by molar-refractivity contribution is 5.96. The SMILES string of the molecule is C=Cc1cc2n(c1NC(C)=NC1CCCCC1)C1(CCCCC1)CN=C2.CC. The summed E-state index contributed by atoms with van der Waals surface area (Å²) < 4.78 is 2.52. The number of nitrogens with one attached hydrogen (secondary N) is 1. The monoisotopic (exact) mass is 382 g/mol. The van der Waals surface area contributed by atoms with Crippen molar-refractivity contribution in [2.45, 2.75) is 96.6 Å². The van der Waals surface area contributed by atoms with Gasteiger partial charge in [-0.2, -0.15) is 0 Å². The van der Waals surface area contributed by atoms with Gasteiger partial charge < -0.3 is 9.88 Å². The van der Waals surface area contributed by atoms with Crippen LogP contribution in [-0.2, 0) is 5.54 Å². The molecule has 0 unspecified atom stereocenters. The minimum Gasteiger partial charge on any atom is -0.330 e. The fraction of sp³-hybridized carbons (Fsp3) is 0.667. The van der Waals surface area contributed by atoms with Crippen LogP contribution in [0.25, 0.3) is 6.08 Å². The van der Waals surface area contributed by atoms with E-state index in [2.05, 4.69) is 29.5 Å². The van der Waals surface area contributed by atoms with E-state index in [-0.39, 0.29) is 5.54 Å². The fourth-order valence-corrected chi connectivity index (χ4v) is 5.10. The minimum atomic E-state index is 0.136. The highest BCUT2D eigenvalue weighted by Gasteiger charge is 2.38. The summed E-state index contributed by atoms with van der Waals surface area (Å²) in [7, 11) is 0. The zero-order valence-corrected chi connectivity index (χ0v) is 18.1. The Hall–Kier alpha value is -1.84. The number of aromatic nitrogens is 1. The van der Waals surface area contributed by atoms with Crippen LogP contribution in [0.4, 0.5) is 5.82 Å². The van der Waals surface area contributed by atoms with E-state index in [9.17, 15) is 0 Å². The summed E-state index contributed by atoms with van der Waals surface area (Å²) in [6.45, 7) is 11.1. The van der Waals surface area contributed by atoms with Gasteiger partial charge in [-0.3, -0.25) is 9.98 Å². The van der Waals surface area contributed by atoms with Crippen LogP contribution in [0.1, 0.15) is 96.2 Å². The van der Waals surface area contributed by atoms with Gasteiger partial charge in [-0.15, -0.1) is 0 Å². The molecular formula is C24H38N4. The van der Waals surface area contributed by atoms with Crippen LogP contribution in [0.15, 0.2) is 22.6 Å². The number of rotatable bonds is 3. The Morgan fingerprint density at radius 1 is 1.18 bits per heavy atom. The number of fused-ring (bicyclic) bond motifs is 2. The van der Waals surface area contributed by atoms with Gasteiger partial charge in [-0.25, -0.2) is 0 Å². The van der Waals surface area contributed by atoms with Crippen LogP contribution in [0.3, 0.4) is 0 Å². The third kappa shape index (κ3) is 4.26. The van der Waals surface area contributed by atoms with Crippen LogP contribution >= 0.6 is 0 Å². The first-order chi connectivity index (χ1) is 13.7. The first kappa shape index (κ1) is 20.9. The lowest BCUT2D eigenvalue weighted by Gasteiger charge is -2.41. The zero-order chi connectivity index (χ0) is 20.0. The number of nitrogens with zero attached hydrogens (tertiary/aromatic N) is 3. The van der Waals surface area contributed by atoms with Crippen LogP contribution in [0.2, 0.25) is 0 Å². The summed E-state index contributed by atoms with van der Waals surface area (Å²) >= 11 is 0. The number of aliphatic imine (C=N–C) groups is 2. The molecule has 1 aromatic rings. The van der Waals surface area contributed by atoms with Gasteiger partial charge in [0.2, 0.25) is 0 Å². The van der Waals surface area contributed by atoms with E-state index in [1.54, 1.807) is 0 Å². The molecule has 0 atom stereocenters. The number of anilines is 1. The molecule has 0 bridgehead atoms. The predicted molar refractivity (Wildman–Crippen MR) is 123 cm³/mol. The summed E-state index contributed by atoms with van der Waals surface area (Å²) in [5.74, 6) is 2.20. The Kier molecular flexibility index (Phi) is 7.14. The van der Waals surface area contributed by atoms with E-state index < -0.39 is 0 Å². The Balaban J connectivity index is 0.00000109. The fourth-order valence-electron chi connectivity index (χ4n) is 5.10. The number of hydrogen-bond acceptors (Lipinski definition) is 2. The largest absolute Gasteiger partial charge is 0.330 e. The van der Waals surface area contributed by atoms with Crippen molar-refractivity contribution in [3.05, 3.63) is 23.9 Å². The van der Waals surface area contributed by atoms with Gasteiger partial charge in [-0.1, -0.05) is 65.0 Å². The zero-order valence-electron chi connectivity index (χ0n) is 18.1. The van der Waals surface area contributed by atoms with Crippen molar-refractivity contribution in [1.29, 1.82) is 0 Å². The van der Waals surface area contributed by atoms with Gasteiger partial charge in [0, 0.05) is 11.8 Å². The number of amidine groups is 1. The van der Waals surface area contributed by atoms with Crippen molar-refractivity contribution in [1.82, 2.24) is 4.57 Å². The molecule has 2 aliphatic carbocycles. The van der Waals surface area contributed by atoms with Crippen molar-refractivity contribution in [2.24, 2.45) is 9.98 Å². The van der Waals surface area contributed by atoms with E-state index in [4.69, 9.17) is 9.98 Å².